The van der Waals surface area contributed by atoms with E-state index >= 15 is 0 Å². The van der Waals surface area contributed by atoms with Gasteiger partial charge in [0, 0.05) is 5.39 Å². The first-order valence-electron chi connectivity index (χ1n) is 5.25. The smallest absolute Gasteiger partial charge is 0.365 e. The van der Waals surface area contributed by atoms with Gasteiger partial charge < -0.3 is 4.74 Å². The van der Waals surface area contributed by atoms with Gasteiger partial charge in [-0.25, -0.2) is 14.6 Å². The molecule has 0 spiro atoms. The lowest BCUT2D eigenvalue weighted by molar-refractivity contribution is 0.0441. The lowest BCUT2D eigenvalue weighted by Gasteiger charge is -2.05. The van der Waals surface area contributed by atoms with Crippen LogP contribution in [0.5, 0.6) is 0 Å². The summed E-state index contributed by atoms with van der Waals surface area (Å²) in [7, 11) is 0. The number of hydrogen-bond donors (Lipinski definition) is 0. The van der Waals surface area contributed by atoms with Crippen molar-refractivity contribution in [2.75, 3.05) is 0 Å². The van der Waals surface area contributed by atoms with Gasteiger partial charge in [-0.1, -0.05) is 12.1 Å². The summed E-state index contributed by atoms with van der Waals surface area (Å²) in [6.45, 7) is 3.92. The van der Waals surface area contributed by atoms with E-state index < -0.39 is 11.9 Å². The van der Waals surface area contributed by atoms with Crippen molar-refractivity contribution in [1.29, 1.82) is 0 Å². The number of rotatable bonds is 0. The van der Waals surface area contributed by atoms with Gasteiger partial charge >= 0.3 is 11.9 Å². The number of carbonyl (C=O) groups excluding carboxylic acids is 2. The van der Waals surface area contributed by atoms with Gasteiger partial charge in [0.25, 0.3) is 0 Å². The topological polar surface area (TPSA) is 56.3 Å². The van der Waals surface area contributed by atoms with E-state index in [2.05, 4.69) is 9.72 Å². The number of aryl methyl sites for hydroxylation is 2. The van der Waals surface area contributed by atoms with E-state index in [1.807, 2.05) is 26.0 Å². The van der Waals surface area contributed by atoms with Gasteiger partial charge in [0.15, 0.2) is 5.69 Å². The molecular formula is C13H9NO3. The quantitative estimate of drug-likeness (QED) is 0.511. The molecule has 0 N–H and O–H groups in total. The molecule has 1 aliphatic rings. The van der Waals surface area contributed by atoms with Gasteiger partial charge in [0.2, 0.25) is 0 Å². The minimum absolute atomic E-state index is 0.121. The van der Waals surface area contributed by atoms with E-state index in [9.17, 15) is 9.59 Å². The molecule has 0 fully saturated rings. The van der Waals surface area contributed by atoms with Crippen LogP contribution in [0.1, 0.15) is 32.0 Å². The maximum absolute atomic E-state index is 11.4. The Bertz CT molecular complexity index is 689. The zero-order valence-corrected chi connectivity index (χ0v) is 9.40. The Morgan fingerprint density at radius 2 is 1.88 bits per heavy atom. The van der Waals surface area contributed by atoms with Gasteiger partial charge in [-0.3, -0.25) is 0 Å². The SMILES string of the molecule is Cc1ccc2cc3c(nc2c1C)C(=O)OC3=O. The highest BCUT2D eigenvalue weighted by Crippen LogP contribution is 2.26. The molecule has 4 nitrogen and oxygen atoms in total. The van der Waals surface area contributed by atoms with Gasteiger partial charge in [-0.05, 0) is 31.0 Å². The number of esters is 2. The standard InChI is InChI=1S/C13H9NO3/c1-6-3-4-8-5-9-11(13(16)17-12(9)15)14-10(8)7(6)2/h3-5H,1-2H3. The summed E-state index contributed by atoms with van der Waals surface area (Å²) >= 11 is 0. The first kappa shape index (κ1) is 9.96. The average Bonchev–Trinajstić information content (AvgIpc) is 2.58. The van der Waals surface area contributed by atoms with E-state index in [-0.39, 0.29) is 11.3 Å². The summed E-state index contributed by atoms with van der Waals surface area (Å²) in [6.07, 6.45) is 0. The third-order valence-corrected chi connectivity index (χ3v) is 3.11. The Morgan fingerprint density at radius 1 is 1.12 bits per heavy atom. The molecule has 1 aliphatic heterocycles. The van der Waals surface area contributed by atoms with Crippen LogP contribution in [0.4, 0.5) is 0 Å². The van der Waals surface area contributed by atoms with E-state index in [1.165, 1.54) is 0 Å². The second kappa shape index (κ2) is 3.13. The fourth-order valence-corrected chi connectivity index (χ4v) is 1.98. The van der Waals surface area contributed by atoms with E-state index in [0.717, 1.165) is 22.0 Å². The van der Waals surface area contributed by atoms with Gasteiger partial charge in [-0.2, -0.15) is 0 Å². The van der Waals surface area contributed by atoms with Crippen LogP contribution in [0.2, 0.25) is 0 Å². The van der Waals surface area contributed by atoms with Crippen LogP contribution in [0, 0.1) is 13.8 Å². The number of fused-ring (bicyclic) bond motifs is 2. The number of benzene rings is 1. The number of pyridine rings is 1. The molecule has 1 aromatic heterocycles. The lowest BCUT2D eigenvalue weighted by atomic mass is 10.0. The Morgan fingerprint density at radius 3 is 2.65 bits per heavy atom. The summed E-state index contributed by atoms with van der Waals surface area (Å²) in [4.78, 5) is 27.1. The molecule has 2 aromatic rings. The molecule has 0 amide bonds. The van der Waals surface area contributed by atoms with Crippen LogP contribution in [0.15, 0.2) is 18.2 Å². The Balaban J connectivity index is 2.43. The van der Waals surface area contributed by atoms with Crippen LogP contribution < -0.4 is 0 Å². The molecule has 84 valence electrons. The van der Waals surface area contributed by atoms with Gasteiger partial charge in [0.05, 0.1) is 11.1 Å². The lowest BCUT2D eigenvalue weighted by Crippen LogP contribution is -1.99. The molecular weight excluding hydrogens is 218 g/mol. The fraction of sp³-hybridized carbons (Fsp3) is 0.154. The highest BCUT2D eigenvalue weighted by Gasteiger charge is 2.31. The van der Waals surface area contributed by atoms with Gasteiger partial charge in [0.1, 0.15) is 0 Å². The van der Waals surface area contributed by atoms with Crippen molar-refractivity contribution in [2.24, 2.45) is 0 Å². The van der Waals surface area contributed by atoms with Crippen LogP contribution in [0.25, 0.3) is 10.9 Å². The number of carbonyl (C=O) groups is 2. The molecule has 0 bridgehead atoms. The van der Waals surface area contributed by atoms with Crippen molar-refractivity contribution in [3.63, 3.8) is 0 Å². The Hall–Kier alpha value is -2.23. The van der Waals surface area contributed by atoms with E-state index in [1.54, 1.807) is 6.07 Å². The molecule has 17 heavy (non-hydrogen) atoms. The van der Waals surface area contributed by atoms with Crippen molar-refractivity contribution in [3.05, 3.63) is 40.6 Å². The van der Waals surface area contributed by atoms with Crippen molar-refractivity contribution >= 4 is 22.8 Å². The second-order valence-corrected chi connectivity index (χ2v) is 4.14. The molecule has 2 heterocycles. The molecule has 0 unspecified atom stereocenters. The predicted octanol–water partition coefficient (Wildman–Crippen LogP) is 2.16. The number of nitrogens with zero attached hydrogens (tertiary/aromatic N) is 1. The average molecular weight is 227 g/mol. The van der Waals surface area contributed by atoms with Crippen molar-refractivity contribution in [3.8, 4) is 0 Å². The summed E-state index contributed by atoms with van der Waals surface area (Å²) < 4.78 is 4.53. The first-order valence-corrected chi connectivity index (χ1v) is 5.25. The number of aromatic nitrogens is 1. The minimum Gasteiger partial charge on any atom is -0.384 e. The molecule has 3 rings (SSSR count). The normalized spacial score (nSPS) is 14.0. The highest BCUT2D eigenvalue weighted by atomic mass is 16.6. The van der Waals surface area contributed by atoms with Crippen LogP contribution in [0.3, 0.4) is 0 Å². The Kier molecular flexibility index (Phi) is 1.84. The number of ether oxygens (including phenoxy) is 1. The first-order chi connectivity index (χ1) is 8.08. The monoisotopic (exact) mass is 227 g/mol. The summed E-state index contributed by atoms with van der Waals surface area (Å²) in [6, 6.07) is 5.52. The molecule has 1 aromatic carbocycles. The second-order valence-electron chi connectivity index (χ2n) is 4.14. The van der Waals surface area contributed by atoms with Crippen molar-refractivity contribution < 1.29 is 14.3 Å². The van der Waals surface area contributed by atoms with Crippen molar-refractivity contribution in [2.45, 2.75) is 13.8 Å². The molecule has 0 radical (unpaired) electrons. The summed E-state index contributed by atoms with van der Waals surface area (Å²) in [5, 5.41) is 0.846. The molecule has 0 saturated carbocycles. The fourth-order valence-electron chi connectivity index (χ4n) is 1.98. The zero-order valence-electron chi connectivity index (χ0n) is 9.40. The maximum Gasteiger partial charge on any atom is 0.365 e. The number of cyclic esters (lactones) is 2. The summed E-state index contributed by atoms with van der Waals surface area (Å²) in [5.41, 5.74) is 3.23. The molecule has 0 atom stereocenters. The van der Waals surface area contributed by atoms with Crippen LogP contribution in [-0.2, 0) is 4.74 Å². The van der Waals surface area contributed by atoms with Crippen molar-refractivity contribution in [1.82, 2.24) is 4.98 Å². The predicted molar refractivity (Wildman–Crippen MR) is 61.0 cm³/mol. The Labute approximate surface area is 97.2 Å². The third kappa shape index (κ3) is 1.27. The third-order valence-electron chi connectivity index (χ3n) is 3.11. The maximum atomic E-state index is 11.4. The highest BCUT2D eigenvalue weighted by molar-refractivity contribution is 6.15. The van der Waals surface area contributed by atoms with Gasteiger partial charge in [-0.15, -0.1) is 0 Å². The molecule has 0 saturated heterocycles. The summed E-state index contributed by atoms with van der Waals surface area (Å²) in [5.74, 6) is -1.27. The van der Waals surface area contributed by atoms with E-state index in [4.69, 9.17) is 0 Å². The molecule has 4 heteroatoms. The van der Waals surface area contributed by atoms with E-state index in [0.29, 0.717) is 0 Å². The number of hydrogen-bond acceptors (Lipinski definition) is 4. The van der Waals surface area contributed by atoms with Crippen LogP contribution >= 0.6 is 0 Å². The minimum atomic E-state index is -0.659. The van der Waals surface area contributed by atoms with Crippen LogP contribution in [-0.4, -0.2) is 16.9 Å². The largest absolute Gasteiger partial charge is 0.384 e. The zero-order chi connectivity index (χ0) is 12.2. The molecule has 0 aliphatic carbocycles.